The summed E-state index contributed by atoms with van der Waals surface area (Å²) in [5, 5.41) is 7.29. The molecule has 4 aromatic rings. The number of benzene rings is 2. The Balaban J connectivity index is 1.50. The van der Waals surface area contributed by atoms with Gasteiger partial charge in [-0.15, -0.1) is 0 Å². The zero-order chi connectivity index (χ0) is 26.7. The predicted octanol–water partition coefficient (Wildman–Crippen LogP) is 6.16. The molecule has 2 heterocycles. The molecule has 37 heavy (non-hydrogen) atoms. The predicted molar refractivity (Wildman–Crippen MR) is 136 cm³/mol. The first-order valence-electron chi connectivity index (χ1n) is 11.9. The van der Waals surface area contributed by atoms with E-state index in [1.54, 1.807) is 42.7 Å². The molecule has 0 fully saturated rings. The lowest BCUT2D eigenvalue weighted by Crippen LogP contribution is -2.26. The molecule has 1 atom stereocenters. The average Bonchev–Trinajstić information content (AvgIpc) is 3.39. The molecule has 0 saturated heterocycles. The Morgan fingerprint density at radius 1 is 0.973 bits per heavy atom. The van der Waals surface area contributed by atoms with Gasteiger partial charge in [0.2, 0.25) is 0 Å². The lowest BCUT2D eigenvalue weighted by Gasteiger charge is -2.16. The van der Waals surface area contributed by atoms with Gasteiger partial charge in [-0.3, -0.25) is 14.5 Å². The molecule has 0 aliphatic carbocycles. The van der Waals surface area contributed by atoms with E-state index >= 15 is 0 Å². The fraction of sp³-hybridized carbons (Fsp3) is 0.250. The number of carbonyl (C=O) groups is 1. The van der Waals surface area contributed by atoms with E-state index in [-0.39, 0.29) is 24.5 Å². The van der Waals surface area contributed by atoms with Crippen LogP contribution in [0.3, 0.4) is 0 Å². The Hall–Kier alpha value is -3.98. The van der Waals surface area contributed by atoms with Crippen LogP contribution in [0.5, 0.6) is 0 Å². The zero-order valence-corrected chi connectivity index (χ0v) is 20.8. The minimum atomic E-state index is -4.44. The molecule has 0 bridgehead atoms. The van der Waals surface area contributed by atoms with Crippen molar-refractivity contribution < 1.29 is 18.0 Å². The third-order valence-electron chi connectivity index (χ3n) is 6.19. The van der Waals surface area contributed by atoms with Crippen LogP contribution >= 0.6 is 0 Å². The van der Waals surface area contributed by atoms with Gasteiger partial charge in [-0.05, 0) is 61.2 Å². The van der Waals surface area contributed by atoms with Crippen molar-refractivity contribution in [3.8, 4) is 22.3 Å². The minimum Gasteiger partial charge on any atom is -0.345 e. The number of amides is 1. The molecule has 0 saturated carbocycles. The van der Waals surface area contributed by atoms with Gasteiger partial charge in [-0.25, -0.2) is 0 Å². The summed E-state index contributed by atoms with van der Waals surface area (Å²) < 4.78 is 41.5. The number of pyridine rings is 1. The van der Waals surface area contributed by atoms with E-state index in [0.717, 1.165) is 28.8 Å². The van der Waals surface area contributed by atoms with Gasteiger partial charge in [-0.2, -0.15) is 18.3 Å². The van der Waals surface area contributed by atoms with Gasteiger partial charge in [0.25, 0.3) is 5.91 Å². The van der Waals surface area contributed by atoms with Crippen molar-refractivity contribution in [2.24, 2.45) is 5.73 Å². The molecule has 192 valence electrons. The van der Waals surface area contributed by atoms with Crippen molar-refractivity contribution in [3.63, 3.8) is 0 Å². The Morgan fingerprint density at radius 2 is 1.70 bits per heavy atom. The lowest BCUT2D eigenvalue weighted by atomic mass is 9.95. The van der Waals surface area contributed by atoms with Gasteiger partial charge in [0, 0.05) is 42.3 Å². The third kappa shape index (κ3) is 5.89. The maximum absolute atomic E-state index is 13.2. The molecule has 1 amide bonds. The first-order chi connectivity index (χ1) is 17.6. The normalized spacial score (nSPS) is 12.5. The number of aromatic nitrogens is 3. The Labute approximate surface area is 213 Å². The largest absolute Gasteiger partial charge is 0.416 e. The van der Waals surface area contributed by atoms with E-state index in [0.29, 0.717) is 22.3 Å². The van der Waals surface area contributed by atoms with Crippen molar-refractivity contribution in [3.05, 3.63) is 95.6 Å². The Kier molecular flexibility index (Phi) is 7.45. The van der Waals surface area contributed by atoms with Crippen LogP contribution in [0.25, 0.3) is 22.3 Å². The number of alkyl halides is 3. The number of halogens is 3. The molecule has 3 N–H and O–H groups in total. The second-order valence-electron chi connectivity index (χ2n) is 9.16. The summed E-state index contributed by atoms with van der Waals surface area (Å²) in [6.45, 7) is 6.02. The molecule has 6 nitrogen and oxygen atoms in total. The highest BCUT2D eigenvalue weighted by molar-refractivity contribution is 5.95. The van der Waals surface area contributed by atoms with Crippen LogP contribution in [0, 0.1) is 0 Å². The first-order valence-corrected chi connectivity index (χ1v) is 11.9. The Bertz CT molecular complexity index is 1390. The zero-order valence-electron chi connectivity index (χ0n) is 20.8. The second-order valence-corrected chi connectivity index (χ2v) is 9.16. The average molecular weight is 508 g/mol. The Morgan fingerprint density at radius 3 is 2.32 bits per heavy atom. The number of nitrogens with zero attached hydrogens (tertiary/aromatic N) is 3. The highest BCUT2D eigenvalue weighted by Gasteiger charge is 2.31. The second kappa shape index (κ2) is 10.6. The molecule has 2 aromatic carbocycles. The molecule has 4 rings (SSSR count). The molecule has 9 heteroatoms. The quantitative estimate of drug-likeness (QED) is 0.314. The van der Waals surface area contributed by atoms with Crippen molar-refractivity contribution in [2.45, 2.75) is 45.6 Å². The summed E-state index contributed by atoms with van der Waals surface area (Å²) >= 11 is 0. The van der Waals surface area contributed by atoms with Crippen molar-refractivity contribution in [2.75, 3.05) is 0 Å². The van der Waals surface area contributed by atoms with Gasteiger partial charge in [-0.1, -0.05) is 30.3 Å². The van der Waals surface area contributed by atoms with E-state index in [4.69, 9.17) is 5.73 Å². The summed E-state index contributed by atoms with van der Waals surface area (Å²) in [5.41, 5.74) is 9.58. The molecule has 0 aliphatic rings. The number of hydrogen-bond acceptors (Lipinski definition) is 4. The maximum atomic E-state index is 13.2. The standard InChI is InChI=1S/C28H28F3N5O/c1-17(2)36-16-24(15-34-36)22-10-23(14-33-13-22)27(37)35-18(3)19-4-6-20(7-5-19)26-11-25(28(29,30)31)9-8-21(26)12-32/h4-11,13-18H,12,32H2,1-3H3,(H,35,37)/t18-/m1/s1. The number of carbonyl (C=O) groups excluding carboxylic acids is 1. The van der Waals surface area contributed by atoms with Crippen LogP contribution in [0.2, 0.25) is 0 Å². The number of rotatable bonds is 7. The SMILES string of the molecule is CC(C)n1cc(-c2cncc(C(=O)N[C@H](C)c3ccc(-c4cc(C(F)(F)F)ccc4CN)cc3)c2)cn1. The molecule has 0 aliphatic heterocycles. The number of hydrogen-bond donors (Lipinski definition) is 2. The maximum Gasteiger partial charge on any atom is 0.416 e. The minimum absolute atomic E-state index is 0.118. The van der Waals surface area contributed by atoms with Crippen LogP contribution < -0.4 is 11.1 Å². The summed E-state index contributed by atoms with van der Waals surface area (Å²) in [6, 6.07) is 12.3. The molecule has 0 spiro atoms. The van der Waals surface area contributed by atoms with Crippen molar-refractivity contribution >= 4 is 5.91 Å². The monoisotopic (exact) mass is 507 g/mol. The molecule has 0 unspecified atom stereocenters. The third-order valence-corrected chi connectivity index (χ3v) is 6.19. The van der Waals surface area contributed by atoms with E-state index in [2.05, 4.69) is 15.4 Å². The molecular weight excluding hydrogens is 479 g/mol. The van der Waals surface area contributed by atoms with Crippen LogP contribution in [0.1, 0.15) is 59.9 Å². The molecular formula is C28H28F3N5O. The number of nitrogens with one attached hydrogen (secondary N) is 1. The van der Waals surface area contributed by atoms with Gasteiger partial charge < -0.3 is 11.1 Å². The van der Waals surface area contributed by atoms with Crippen molar-refractivity contribution in [1.82, 2.24) is 20.1 Å². The summed E-state index contributed by atoms with van der Waals surface area (Å²) in [5.74, 6) is -0.287. The smallest absolute Gasteiger partial charge is 0.345 e. The summed E-state index contributed by atoms with van der Waals surface area (Å²) in [6.07, 6.45) is 2.40. The highest BCUT2D eigenvalue weighted by Crippen LogP contribution is 2.34. The lowest BCUT2D eigenvalue weighted by molar-refractivity contribution is -0.137. The van der Waals surface area contributed by atoms with E-state index in [1.807, 2.05) is 31.6 Å². The van der Waals surface area contributed by atoms with Gasteiger partial charge in [0.15, 0.2) is 0 Å². The fourth-order valence-corrected chi connectivity index (χ4v) is 4.01. The molecule has 2 aromatic heterocycles. The fourth-order valence-electron chi connectivity index (χ4n) is 4.01. The van der Waals surface area contributed by atoms with Crippen LogP contribution in [-0.2, 0) is 12.7 Å². The summed E-state index contributed by atoms with van der Waals surface area (Å²) in [4.78, 5) is 17.2. The van der Waals surface area contributed by atoms with Gasteiger partial charge in [0.1, 0.15) is 0 Å². The van der Waals surface area contributed by atoms with Crippen molar-refractivity contribution in [1.29, 1.82) is 0 Å². The molecule has 0 radical (unpaired) electrons. The highest BCUT2D eigenvalue weighted by atomic mass is 19.4. The van der Waals surface area contributed by atoms with E-state index < -0.39 is 11.7 Å². The van der Waals surface area contributed by atoms with Crippen LogP contribution in [0.4, 0.5) is 13.2 Å². The van der Waals surface area contributed by atoms with Gasteiger partial charge >= 0.3 is 6.18 Å². The van der Waals surface area contributed by atoms with Crippen LogP contribution in [0.15, 0.2) is 73.3 Å². The summed E-state index contributed by atoms with van der Waals surface area (Å²) in [7, 11) is 0. The number of nitrogens with two attached hydrogens (primary N) is 1. The van der Waals surface area contributed by atoms with Crippen LogP contribution in [-0.4, -0.2) is 20.7 Å². The first kappa shape index (κ1) is 26.1. The topological polar surface area (TPSA) is 85.8 Å². The van der Waals surface area contributed by atoms with E-state index in [9.17, 15) is 18.0 Å². The van der Waals surface area contributed by atoms with E-state index in [1.165, 1.54) is 12.3 Å². The van der Waals surface area contributed by atoms with Gasteiger partial charge in [0.05, 0.1) is 23.4 Å².